The van der Waals surface area contributed by atoms with E-state index >= 15 is 0 Å². The van der Waals surface area contributed by atoms with E-state index in [0.29, 0.717) is 4.43 Å². The molecule has 2 aromatic carbocycles. The maximum Gasteiger partial charge on any atom is 0.179 e. The molecule has 0 aliphatic rings. The Morgan fingerprint density at radius 1 is 1.12 bits per heavy atom. The Kier molecular flexibility index (Phi) is 3.77. The molecule has 0 aliphatic carbocycles. The molecule has 0 aromatic heterocycles. The quantitative estimate of drug-likeness (QED) is 0.637. The van der Waals surface area contributed by atoms with Gasteiger partial charge in [0.1, 0.15) is 12.4 Å². The third kappa shape index (κ3) is 2.52. The molecule has 0 fully saturated rings. The maximum atomic E-state index is 11.2. The summed E-state index contributed by atoms with van der Waals surface area (Å²) in [6.07, 6.45) is 0. The molecule has 0 saturated heterocycles. The van der Waals surface area contributed by atoms with E-state index < -0.39 is 0 Å². The van der Waals surface area contributed by atoms with Crippen molar-refractivity contribution in [3.05, 3.63) is 42.5 Å². The van der Waals surface area contributed by atoms with Gasteiger partial charge in [-0.25, -0.2) is 0 Å². The van der Waals surface area contributed by atoms with Gasteiger partial charge in [0.05, 0.1) is 4.43 Å². The SMILES string of the molecule is O=C(CI)COc1cccc2ccccc12. The van der Waals surface area contributed by atoms with E-state index in [1.54, 1.807) is 0 Å². The van der Waals surface area contributed by atoms with Crippen LogP contribution in [0.3, 0.4) is 0 Å². The molecular weight excluding hydrogens is 315 g/mol. The van der Waals surface area contributed by atoms with E-state index in [1.807, 2.05) is 65.1 Å². The third-order valence-electron chi connectivity index (χ3n) is 2.29. The summed E-state index contributed by atoms with van der Waals surface area (Å²) in [6, 6.07) is 13.8. The molecule has 0 N–H and O–H groups in total. The summed E-state index contributed by atoms with van der Waals surface area (Å²) in [5.74, 6) is 0.879. The van der Waals surface area contributed by atoms with Gasteiger partial charge in [-0.15, -0.1) is 0 Å². The van der Waals surface area contributed by atoms with Crippen LogP contribution in [0.25, 0.3) is 10.8 Å². The van der Waals surface area contributed by atoms with Crippen molar-refractivity contribution < 1.29 is 9.53 Å². The molecule has 0 bridgehead atoms. The van der Waals surface area contributed by atoms with Gasteiger partial charge >= 0.3 is 0 Å². The van der Waals surface area contributed by atoms with Crippen molar-refractivity contribution in [2.24, 2.45) is 0 Å². The molecule has 0 unspecified atom stereocenters. The van der Waals surface area contributed by atoms with Crippen molar-refractivity contribution in [1.82, 2.24) is 0 Å². The number of carbonyl (C=O) groups is 1. The van der Waals surface area contributed by atoms with E-state index in [2.05, 4.69) is 0 Å². The Morgan fingerprint density at radius 3 is 2.69 bits per heavy atom. The number of Topliss-reactive ketones (excluding diaryl/α,β-unsaturated/α-hetero) is 1. The number of carbonyl (C=O) groups excluding carboxylic acids is 1. The summed E-state index contributed by atoms with van der Waals surface area (Å²) in [7, 11) is 0. The highest BCUT2D eigenvalue weighted by Gasteiger charge is 2.03. The molecule has 0 aliphatic heterocycles. The zero-order valence-corrected chi connectivity index (χ0v) is 10.8. The first kappa shape index (κ1) is 11.4. The molecule has 2 aromatic rings. The number of ketones is 1. The second-order valence-electron chi connectivity index (χ2n) is 3.44. The molecule has 0 amide bonds. The van der Waals surface area contributed by atoms with Crippen molar-refractivity contribution in [3.8, 4) is 5.75 Å². The fourth-order valence-electron chi connectivity index (χ4n) is 1.52. The smallest absolute Gasteiger partial charge is 0.179 e. The highest BCUT2D eigenvalue weighted by atomic mass is 127. The molecule has 0 heterocycles. The number of ether oxygens (including phenoxy) is 1. The molecule has 0 radical (unpaired) electrons. The van der Waals surface area contributed by atoms with Gasteiger partial charge in [-0.05, 0) is 11.5 Å². The number of rotatable bonds is 4. The zero-order valence-electron chi connectivity index (χ0n) is 8.65. The summed E-state index contributed by atoms with van der Waals surface area (Å²) in [5, 5.41) is 2.17. The van der Waals surface area contributed by atoms with E-state index in [-0.39, 0.29) is 12.4 Å². The Labute approximate surface area is 108 Å². The minimum atomic E-state index is 0.105. The van der Waals surface area contributed by atoms with Crippen LogP contribution in [0.1, 0.15) is 0 Å². The van der Waals surface area contributed by atoms with Crippen molar-refractivity contribution >= 4 is 39.1 Å². The predicted octanol–water partition coefficient (Wildman–Crippen LogP) is 3.22. The fourth-order valence-corrected chi connectivity index (χ4v) is 1.74. The molecule has 82 valence electrons. The lowest BCUT2D eigenvalue weighted by Crippen LogP contribution is -2.11. The molecular formula is C13H11IO2. The van der Waals surface area contributed by atoms with Gasteiger partial charge in [0.15, 0.2) is 5.78 Å². The van der Waals surface area contributed by atoms with Crippen molar-refractivity contribution in [2.45, 2.75) is 0 Å². The largest absolute Gasteiger partial charge is 0.485 e. The molecule has 0 spiro atoms. The van der Waals surface area contributed by atoms with Crippen LogP contribution in [0.5, 0.6) is 5.75 Å². The minimum Gasteiger partial charge on any atom is -0.485 e. The lowest BCUT2D eigenvalue weighted by molar-refractivity contribution is -0.118. The van der Waals surface area contributed by atoms with Crippen molar-refractivity contribution in [1.29, 1.82) is 0 Å². The summed E-state index contributed by atoms with van der Waals surface area (Å²) >= 11 is 2.04. The molecule has 2 rings (SSSR count). The lowest BCUT2D eigenvalue weighted by Gasteiger charge is -2.07. The number of fused-ring (bicyclic) bond motifs is 1. The van der Waals surface area contributed by atoms with E-state index in [9.17, 15) is 4.79 Å². The van der Waals surface area contributed by atoms with Crippen LogP contribution in [0, 0.1) is 0 Å². The first-order valence-electron chi connectivity index (χ1n) is 4.99. The summed E-state index contributed by atoms with van der Waals surface area (Å²) < 4.78 is 6.01. The second-order valence-corrected chi connectivity index (χ2v) is 4.20. The van der Waals surface area contributed by atoms with Crippen LogP contribution < -0.4 is 4.74 Å². The Bertz CT molecular complexity index is 503. The number of halogens is 1. The minimum absolute atomic E-state index is 0.105. The number of hydrogen-bond donors (Lipinski definition) is 0. The van der Waals surface area contributed by atoms with Crippen molar-refractivity contribution in [3.63, 3.8) is 0 Å². The Balaban J connectivity index is 2.27. The molecule has 2 nitrogen and oxygen atoms in total. The highest BCUT2D eigenvalue weighted by molar-refractivity contribution is 14.1. The average Bonchev–Trinajstić information content (AvgIpc) is 2.35. The van der Waals surface area contributed by atoms with Crippen LogP contribution in [-0.2, 0) is 4.79 Å². The first-order chi connectivity index (χ1) is 7.81. The lowest BCUT2D eigenvalue weighted by atomic mass is 10.1. The number of hydrogen-bond acceptors (Lipinski definition) is 2. The topological polar surface area (TPSA) is 26.3 Å². The Morgan fingerprint density at radius 2 is 1.88 bits per heavy atom. The van der Waals surface area contributed by atoms with E-state index in [4.69, 9.17) is 4.74 Å². The second kappa shape index (κ2) is 5.30. The monoisotopic (exact) mass is 326 g/mol. The zero-order chi connectivity index (χ0) is 11.4. The van der Waals surface area contributed by atoms with Crippen LogP contribution in [0.2, 0.25) is 0 Å². The number of alkyl halides is 1. The van der Waals surface area contributed by atoms with Gasteiger partial charge in [0, 0.05) is 5.39 Å². The standard InChI is InChI=1S/C13H11IO2/c14-8-11(15)9-16-13-7-3-5-10-4-1-2-6-12(10)13/h1-7H,8-9H2. The first-order valence-corrected chi connectivity index (χ1v) is 6.52. The average molecular weight is 326 g/mol. The fraction of sp³-hybridized carbons (Fsp3) is 0.154. The predicted molar refractivity (Wildman–Crippen MR) is 73.3 cm³/mol. The van der Waals surface area contributed by atoms with Crippen LogP contribution in [-0.4, -0.2) is 16.8 Å². The normalized spacial score (nSPS) is 10.3. The van der Waals surface area contributed by atoms with E-state index in [0.717, 1.165) is 16.5 Å². The van der Waals surface area contributed by atoms with Gasteiger partial charge in [0.25, 0.3) is 0 Å². The van der Waals surface area contributed by atoms with Gasteiger partial charge < -0.3 is 4.74 Å². The highest BCUT2D eigenvalue weighted by Crippen LogP contribution is 2.24. The maximum absolute atomic E-state index is 11.2. The van der Waals surface area contributed by atoms with Gasteiger partial charge in [-0.1, -0.05) is 59.0 Å². The molecule has 16 heavy (non-hydrogen) atoms. The summed E-state index contributed by atoms with van der Waals surface area (Å²) in [5.41, 5.74) is 0. The number of benzene rings is 2. The molecule has 0 saturated carbocycles. The molecule has 3 heteroatoms. The Hall–Kier alpha value is -1.10. The van der Waals surface area contributed by atoms with Crippen LogP contribution >= 0.6 is 22.6 Å². The molecule has 0 atom stereocenters. The van der Waals surface area contributed by atoms with E-state index in [1.165, 1.54) is 0 Å². The van der Waals surface area contributed by atoms with Crippen LogP contribution in [0.4, 0.5) is 0 Å². The van der Waals surface area contributed by atoms with Crippen molar-refractivity contribution in [2.75, 3.05) is 11.0 Å². The van der Waals surface area contributed by atoms with Gasteiger partial charge in [-0.2, -0.15) is 0 Å². The third-order valence-corrected chi connectivity index (χ3v) is 3.14. The van der Waals surface area contributed by atoms with Gasteiger partial charge in [0.2, 0.25) is 0 Å². The van der Waals surface area contributed by atoms with Gasteiger partial charge in [-0.3, -0.25) is 4.79 Å². The summed E-state index contributed by atoms with van der Waals surface area (Å²) in [6.45, 7) is 0.150. The summed E-state index contributed by atoms with van der Waals surface area (Å²) in [4.78, 5) is 11.2. The van der Waals surface area contributed by atoms with Crippen LogP contribution in [0.15, 0.2) is 42.5 Å².